The summed E-state index contributed by atoms with van der Waals surface area (Å²) in [6.45, 7) is 8.22. The summed E-state index contributed by atoms with van der Waals surface area (Å²) in [7, 11) is -3.59. The second-order valence-corrected chi connectivity index (χ2v) is 8.32. The van der Waals surface area contributed by atoms with Crippen LogP contribution in [-0.4, -0.2) is 20.6 Å². The van der Waals surface area contributed by atoms with Crippen LogP contribution in [0.1, 0.15) is 40.5 Å². The third kappa shape index (κ3) is 4.45. The summed E-state index contributed by atoms with van der Waals surface area (Å²) >= 11 is 0. The van der Waals surface area contributed by atoms with E-state index in [4.69, 9.17) is 4.74 Å². The van der Waals surface area contributed by atoms with Gasteiger partial charge >= 0.3 is 0 Å². The Bertz CT molecular complexity index is 776. The third-order valence-electron chi connectivity index (χ3n) is 3.33. The van der Waals surface area contributed by atoms with Crippen molar-refractivity contribution in [3.63, 3.8) is 0 Å². The van der Waals surface area contributed by atoms with E-state index in [1.807, 2.05) is 45.0 Å². The topological polar surface area (TPSA) is 55.4 Å². The molecule has 0 aliphatic rings. The van der Waals surface area contributed by atoms with Crippen molar-refractivity contribution in [2.75, 3.05) is 6.61 Å². The van der Waals surface area contributed by atoms with Gasteiger partial charge in [-0.3, -0.25) is 0 Å². The van der Waals surface area contributed by atoms with Crippen LogP contribution in [0.2, 0.25) is 0 Å². The van der Waals surface area contributed by atoms with Crippen molar-refractivity contribution >= 4 is 20.8 Å². The van der Waals surface area contributed by atoms with Crippen LogP contribution in [-0.2, 0) is 10.0 Å². The highest BCUT2D eigenvalue weighted by Crippen LogP contribution is 2.31. The van der Waals surface area contributed by atoms with E-state index in [1.165, 1.54) is 0 Å². The van der Waals surface area contributed by atoms with Gasteiger partial charge in [0, 0.05) is 16.3 Å². The highest BCUT2D eigenvalue weighted by atomic mass is 32.2. The summed E-state index contributed by atoms with van der Waals surface area (Å²) in [6.07, 6.45) is 2.03. The van der Waals surface area contributed by atoms with Gasteiger partial charge in [-0.25, -0.2) is 13.1 Å². The molecule has 0 fully saturated rings. The standard InChI is InChI=1S/C18H25NO3S/c1-5-6-13-22-16-11-12-17(15-10-8-7-9-14(15)16)23(20,21)19-18(2,3)4/h7-12,19H,5-6,13H2,1-4H3. The zero-order valence-electron chi connectivity index (χ0n) is 14.2. The zero-order chi connectivity index (χ0) is 17.1. The van der Waals surface area contributed by atoms with Gasteiger partial charge in [0.1, 0.15) is 5.75 Å². The first-order chi connectivity index (χ1) is 10.7. The molecule has 0 unspecified atom stereocenters. The summed E-state index contributed by atoms with van der Waals surface area (Å²) in [5.41, 5.74) is -0.532. The molecular weight excluding hydrogens is 310 g/mol. The molecule has 1 N–H and O–H groups in total. The molecule has 0 aliphatic heterocycles. The monoisotopic (exact) mass is 335 g/mol. The van der Waals surface area contributed by atoms with E-state index < -0.39 is 15.6 Å². The summed E-state index contributed by atoms with van der Waals surface area (Å²) in [4.78, 5) is 0.283. The number of hydrogen-bond acceptors (Lipinski definition) is 3. The Morgan fingerprint density at radius 1 is 1.04 bits per heavy atom. The average Bonchev–Trinajstić information content (AvgIpc) is 2.45. The van der Waals surface area contributed by atoms with E-state index in [2.05, 4.69) is 11.6 Å². The molecule has 126 valence electrons. The Labute approximate surface area is 138 Å². The van der Waals surface area contributed by atoms with Crippen molar-refractivity contribution in [3.05, 3.63) is 36.4 Å². The molecule has 2 rings (SSSR count). The van der Waals surface area contributed by atoms with Crippen LogP contribution in [0.4, 0.5) is 0 Å². The number of benzene rings is 2. The summed E-state index contributed by atoms with van der Waals surface area (Å²) < 4.78 is 33.9. The molecule has 23 heavy (non-hydrogen) atoms. The number of sulfonamides is 1. The Morgan fingerprint density at radius 2 is 1.70 bits per heavy atom. The minimum absolute atomic E-state index is 0.283. The fraction of sp³-hybridized carbons (Fsp3) is 0.444. The molecule has 4 nitrogen and oxygen atoms in total. The van der Waals surface area contributed by atoms with Crippen LogP contribution in [0.5, 0.6) is 5.75 Å². The first-order valence-electron chi connectivity index (χ1n) is 7.93. The molecule has 0 amide bonds. The fourth-order valence-corrected chi connectivity index (χ4v) is 4.02. The maximum Gasteiger partial charge on any atom is 0.241 e. The lowest BCUT2D eigenvalue weighted by Gasteiger charge is -2.21. The van der Waals surface area contributed by atoms with Crippen molar-refractivity contribution in [1.82, 2.24) is 4.72 Å². The summed E-state index contributed by atoms with van der Waals surface area (Å²) in [5, 5.41) is 1.50. The quantitative estimate of drug-likeness (QED) is 0.809. The predicted molar refractivity (Wildman–Crippen MR) is 94.4 cm³/mol. The van der Waals surface area contributed by atoms with Crippen LogP contribution in [0.3, 0.4) is 0 Å². The normalized spacial score (nSPS) is 12.5. The molecular formula is C18H25NO3S. The SMILES string of the molecule is CCCCOc1ccc(S(=O)(=O)NC(C)(C)C)c2ccccc12. The van der Waals surface area contributed by atoms with E-state index >= 15 is 0 Å². The minimum Gasteiger partial charge on any atom is -0.493 e. The number of hydrogen-bond donors (Lipinski definition) is 1. The molecule has 0 aliphatic carbocycles. The van der Waals surface area contributed by atoms with Crippen molar-refractivity contribution in [1.29, 1.82) is 0 Å². The molecule has 0 heterocycles. The minimum atomic E-state index is -3.59. The molecule has 0 bridgehead atoms. The lowest BCUT2D eigenvalue weighted by Crippen LogP contribution is -2.40. The Balaban J connectivity index is 2.49. The highest BCUT2D eigenvalue weighted by molar-refractivity contribution is 7.89. The molecule has 0 spiro atoms. The van der Waals surface area contributed by atoms with Gasteiger partial charge in [0.25, 0.3) is 0 Å². The maximum absolute atomic E-state index is 12.7. The van der Waals surface area contributed by atoms with Crippen molar-refractivity contribution < 1.29 is 13.2 Å². The molecule has 0 saturated heterocycles. The second kappa shape index (κ2) is 6.89. The van der Waals surface area contributed by atoms with Crippen molar-refractivity contribution in [3.8, 4) is 5.75 Å². The third-order valence-corrected chi connectivity index (χ3v) is 5.15. The maximum atomic E-state index is 12.7. The molecule has 0 radical (unpaired) electrons. The van der Waals surface area contributed by atoms with Crippen LogP contribution >= 0.6 is 0 Å². The Hall–Kier alpha value is -1.59. The molecule has 2 aromatic carbocycles. The first kappa shape index (κ1) is 17.8. The van der Waals surface area contributed by atoms with Crippen LogP contribution in [0.25, 0.3) is 10.8 Å². The highest BCUT2D eigenvalue weighted by Gasteiger charge is 2.24. The van der Waals surface area contributed by atoms with E-state index in [1.54, 1.807) is 12.1 Å². The van der Waals surface area contributed by atoms with E-state index in [0.717, 1.165) is 24.0 Å². The lowest BCUT2D eigenvalue weighted by atomic mass is 10.1. The zero-order valence-corrected chi connectivity index (χ0v) is 15.0. The molecule has 0 atom stereocenters. The first-order valence-corrected chi connectivity index (χ1v) is 9.41. The lowest BCUT2D eigenvalue weighted by molar-refractivity contribution is 0.313. The van der Waals surface area contributed by atoms with E-state index in [-0.39, 0.29) is 4.90 Å². The van der Waals surface area contributed by atoms with Gasteiger partial charge in [0.05, 0.1) is 11.5 Å². The van der Waals surface area contributed by atoms with Gasteiger partial charge in [-0.05, 0) is 39.3 Å². The summed E-state index contributed by atoms with van der Waals surface area (Å²) in [5.74, 6) is 0.726. The van der Waals surface area contributed by atoms with Gasteiger partial charge in [0.2, 0.25) is 10.0 Å². The van der Waals surface area contributed by atoms with Crippen molar-refractivity contribution in [2.45, 2.75) is 51.0 Å². The van der Waals surface area contributed by atoms with Gasteiger partial charge in [-0.2, -0.15) is 0 Å². The van der Waals surface area contributed by atoms with Gasteiger partial charge in [-0.1, -0.05) is 37.6 Å². The number of unbranched alkanes of at least 4 members (excludes halogenated alkanes) is 1. The van der Waals surface area contributed by atoms with Gasteiger partial charge < -0.3 is 4.74 Å². The Kier molecular flexibility index (Phi) is 5.32. The largest absolute Gasteiger partial charge is 0.493 e. The molecule has 2 aromatic rings. The predicted octanol–water partition coefficient (Wildman–Crippen LogP) is 4.10. The van der Waals surface area contributed by atoms with Crippen LogP contribution in [0, 0.1) is 0 Å². The average molecular weight is 335 g/mol. The summed E-state index contributed by atoms with van der Waals surface area (Å²) in [6, 6.07) is 10.8. The number of rotatable bonds is 6. The van der Waals surface area contributed by atoms with Gasteiger partial charge in [0.15, 0.2) is 0 Å². The molecule has 5 heteroatoms. The van der Waals surface area contributed by atoms with E-state index in [9.17, 15) is 8.42 Å². The smallest absolute Gasteiger partial charge is 0.241 e. The number of fused-ring (bicyclic) bond motifs is 1. The molecule has 0 saturated carbocycles. The second-order valence-electron chi connectivity index (χ2n) is 6.66. The number of ether oxygens (including phenoxy) is 1. The fourth-order valence-electron chi connectivity index (χ4n) is 2.39. The molecule has 0 aromatic heterocycles. The van der Waals surface area contributed by atoms with Crippen molar-refractivity contribution in [2.24, 2.45) is 0 Å². The van der Waals surface area contributed by atoms with E-state index in [0.29, 0.717) is 12.0 Å². The number of nitrogens with one attached hydrogen (secondary N) is 1. The van der Waals surface area contributed by atoms with Gasteiger partial charge in [-0.15, -0.1) is 0 Å². The van der Waals surface area contributed by atoms with Crippen LogP contribution in [0.15, 0.2) is 41.3 Å². The van der Waals surface area contributed by atoms with Crippen LogP contribution < -0.4 is 9.46 Å². The Morgan fingerprint density at radius 3 is 2.30 bits per heavy atom.